The fourth-order valence-corrected chi connectivity index (χ4v) is 3.70. The Morgan fingerprint density at radius 2 is 1.77 bits per heavy atom. The van der Waals surface area contributed by atoms with E-state index in [0.717, 1.165) is 5.56 Å². The van der Waals surface area contributed by atoms with E-state index < -0.39 is 11.9 Å². The van der Waals surface area contributed by atoms with Crippen LogP contribution in [0, 0.1) is 11.6 Å². The maximum absolute atomic E-state index is 13.7. The predicted octanol–water partition coefficient (Wildman–Crippen LogP) is 5.45. The predicted molar refractivity (Wildman–Crippen MR) is 115 cm³/mol. The zero-order valence-corrected chi connectivity index (χ0v) is 17.2. The minimum Gasteiger partial charge on any atom is -0.390 e. The number of halogens is 3. The molecule has 7 heteroatoms. The van der Waals surface area contributed by atoms with Gasteiger partial charge >= 0.3 is 0 Å². The molecule has 0 aliphatic carbocycles. The molecule has 4 rings (SSSR count). The fraction of sp³-hybridized carbons (Fsp3) is 0.167. The highest BCUT2D eigenvalue weighted by molar-refractivity contribution is 6.30. The Kier molecular flexibility index (Phi) is 6.28. The van der Waals surface area contributed by atoms with Gasteiger partial charge < -0.3 is 9.74 Å². The Bertz CT molecular complexity index is 1140. The standard InChI is InChI=1S/C24H19ClF2N2O2/c25-19-7-1-4-16(10-19)14-29(24(30)18-6-3-9-21(27)12-18)15-22-13-23(28-31-22)17-5-2-8-20(26)11-17/h1-12,22H,13-15H2. The zero-order valence-electron chi connectivity index (χ0n) is 16.5. The molecule has 0 aromatic heterocycles. The molecule has 0 fully saturated rings. The van der Waals surface area contributed by atoms with Crippen LogP contribution in [0.15, 0.2) is 78.0 Å². The summed E-state index contributed by atoms with van der Waals surface area (Å²) in [4.78, 5) is 20.3. The number of hydrogen-bond acceptors (Lipinski definition) is 3. The van der Waals surface area contributed by atoms with Crippen LogP contribution in [-0.2, 0) is 11.4 Å². The Balaban J connectivity index is 1.52. The molecular weight excluding hydrogens is 422 g/mol. The second-order valence-corrected chi connectivity index (χ2v) is 7.74. The molecule has 4 nitrogen and oxygen atoms in total. The van der Waals surface area contributed by atoms with E-state index in [-0.39, 0.29) is 30.4 Å². The Morgan fingerprint density at radius 1 is 1.03 bits per heavy atom. The van der Waals surface area contributed by atoms with E-state index in [1.54, 1.807) is 41.3 Å². The van der Waals surface area contributed by atoms with Crippen LogP contribution in [-0.4, -0.2) is 29.2 Å². The van der Waals surface area contributed by atoms with Crippen LogP contribution >= 0.6 is 11.6 Å². The summed E-state index contributed by atoms with van der Waals surface area (Å²) in [6.07, 6.45) is 0.0151. The van der Waals surface area contributed by atoms with Crippen molar-refractivity contribution in [2.45, 2.75) is 19.1 Å². The molecule has 1 atom stereocenters. The van der Waals surface area contributed by atoms with Crippen LogP contribution in [0.25, 0.3) is 0 Å². The first-order valence-electron chi connectivity index (χ1n) is 9.76. The molecule has 0 saturated heterocycles. The lowest BCUT2D eigenvalue weighted by atomic mass is 10.0. The molecule has 0 bridgehead atoms. The number of carbonyl (C=O) groups is 1. The normalized spacial score (nSPS) is 15.3. The second-order valence-electron chi connectivity index (χ2n) is 7.31. The topological polar surface area (TPSA) is 41.9 Å². The van der Waals surface area contributed by atoms with E-state index in [9.17, 15) is 13.6 Å². The first-order chi connectivity index (χ1) is 15.0. The van der Waals surface area contributed by atoms with Gasteiger partial charge in [-0.15, -0.1) is 0 Å². The minimum atomic E-state index is -0.484. The summed E-state index contributed by atoms with van der Waals surface area (Å²) in [5, 5.41) is 4.64. The number of rotatable bonds is 6. The van der Waals surface area contributed by atoms with Crippen molar-refractivity contribution in [3.05, 3.63) is 106 Å². The number of nitrogens with zero attached hydrogens (tertiary/aromatic N) is 2. The van der Waals surface area contributed by atoms with Crippen LogP contribution in [0.4, 0.5) is 8.78 Å². The lowest BCUT2D eigenvalue weighted by molar-refractivity contribution is 0.0405. The van der Waals surface area contributed by atoms with Gasteiger partial charge in [-0.3, -0.25) is 4.79 Å². The Labute approximate surface area is 183 Å². The van der Waals surface area contributed by atoms with E-state index in [4.69, 9.17) is 16.4 Å². The van der Waals surface area contributed by atoms with Gasteiger partial charge in [0.2, 0.25) is 0 Å². The number of amides is 1. The molecule has 158 valence electrons. The maximum atomic E-state index is 13.7. The van der Waals surface area contributed by atoms with Crippen LogP contribution in [0.3, 0.4) is 0 Å². The minimum absolute atomic E-state index is 0.226. The van der Waals surface area contributed by atoms with Gasteiger partial charge in [-0.1, -0.05) is 47.1 Å². The van der Waals surface area contributed by atoms with Gasteiger partial charge in [-0.2, -0.15) is 0 Å². The third-order valence-electron chi connectivity index (χ3n) is 4.94. The number of oxime groups is 1. The summed E-state index contributed by atoms with van der Waals surface area (Å²) in [6, 6.07) is 18.9. The molecule has 0 spiro atoms. The monoisotopic (exact) mass is 440 g/mol. The van der Waals surface area contributed by atoms with Gasteiger partial charge in [0.15, 0.2) is 6.10 Å². The van der Waals surface area contributed by atoms with E-state index in [1.165, 1.54) is 30.3 Å². The fourth-order valence-electron chi connectivity index (χ4n) is 3.49. The van der Waals surface area contributed by atoms with Gasteiger partial charge in [0, 0.05) is 29.1 Å². The molecule has 0 N–H and O–H groups in total. The molecule has 3 aromatic carbocycles. The van der Waals surface area contributed by atoms with Gasteiger partial charge in [-0.05, 0) is 48.0 Å². The van der Waals surface area contributed by atoms with Crippen molar-refractivity contribution in [3.8, 4) is 0 Å². The molecule has 0 radical (unpaired) electrons. The highest BCUT2D eigenvalue weighted by Crippen LogP contribution is 2.21. The van der Waals surface area contributed by atoms with E-state index in [0.29, 0.717) is 22.7 Å². The first kappa shape index (κ1) is 21.0. The molecule has 1 heterocycles. The molecule has 1 unspecified atom stereocenters. The van der Waals surface area contributed by atoms with E-state index >= 15 is 0 Å². The zero-order chi connectivity index (χ0) is 21.8. The van der Waals surface area contributed by atoms with Crippen molar-refractivity contribution in [3.63, 3.8) is 0 Å². The summed E-state index contributed by atoms with van der Waals surface area (Å²) >= 11 is 6.09. The summed E-state index contributed by atoms with van der Waals surface area (Å²) in [6.45, 7) is 0.495. The van der Waals surface area contributed by atoms with Crippen LogP contribution in [0.5, 0.6) is 0 Å². The summed E-state index contributed by atoms with van der Waals surface area (Å²) in [5.41, 5.74) is 2.33. The van der Waals surface area contributed by atoms with Crippen molar-refractivity contribution in [1.29, 1.82) is 0 Å². The third kappa shape index (κ3) is 5.27. The van der Waals surface area contributed by atoms with Crippen molar-refractivity contribution >= 4 is 23.2 Å². The molecule has 0 saturated carbocycles. The first-order valence-corrected chi connectivity index (χ1v) is 10.1. The smallest absolute Gasteiger partial charge is 0.254 e. The highest BCUT2D eigenvalue weighted by atomic mass is 35.5. The lowest BCUT2D eigenvalue weighted by Gasteiger charge is -2.25. The molecule has 3 aromatic rings. The SMILES string of the molecule is O=C(c1cccc(F)c1)N(Cc1cccc(Cl)c1)CC1CC(c2cccc(F)c2)=NO1. The summed E-state index contributed by atoms with van der Waals surface area (Å²) < 4.78 is 27.2. The molecule has 1 amide bonds. The largest absolute Gasteiger partial charge is 0.390 e. The van der Waals surface area contributed by atoms with Gasteiger partial charge in [0.25, 0.3) is 5.91 Å². The molecule has 1 aliphatic heterocycles. The third-order valence-corrected chi connectivity index (χ3v) is 5.17. The van der Waals surface area contributed by atoms with Crippen LogP contribution in [0.2, 0.25) is 5.02 Å². The second kappa shape index (κ2) is 9.27. The van der Waals surface area contributed by atoms with Gasteiger partial charge in [0.1, 0.15) is 11.6 Å². The van der Waals surface area contributed by atoms with Crippen molar-refractivity contribution in [2.24, 2.45) is 5.16 Å². The quantitative estimate of drug-likeness (QED) is 0.511. The Hall–Kier alpha value is -3.25. The molecular formula is C24H19ClF2N2O2. The summed E-state index contributed by atoms with van der Waals surface area (Å²) in [5.74, 6) is -1.17. The average Bonchev–Trinajstić information content (AvgIpc) is 3.21. The lowest BCUT2D eigenvalue weighted by Crippen LogP contribution is -2.37. The van der Waals surface area contributed by atoms with E-state index in [1.807, 2.05) is 6.07 Å². The molecule has 31 heavy (non-hydrogen) atoms. The van der Waals surface area contributed by atoms with Crippen molar-refractivity contribution < 1.29 is 18.4 Å². The number of carbonyl (C=O) groups excluding carboxylic acids is 1. The van der Waals surface area contributed by atoms with Crippen LogP contribution < -0.4 is 0 Å². The maximum Gasteiger partial charge on any atom is 0.254 e. The highest BCUT2D eigenvalue weighted by Gasteiger charge is 2.27. The van der Waals surface area contributed by atoms with E-state index in [2.05, 4.69) is 5.16 Å². The number of benzene rings is 3. The summed E-state index contributed by atoms with van der Waals surface area (Å²) in [7, 11) is 0. The average molecular weight is 441 g/mol. The van der Waals surface area contributed by atoms with Gasteiger partial charge in [-0.25, -0.2) is 8.78 Å². The van der Waals surface area contributed by atoms with Crippen molar-refractivity contribution in [1.82, 2.24) is 4.90 Å². The Morgan fingerprint density at radius 3 is 2.52 bits per heavy atom. The van der Waals surface area contributed by atoms with Crippen LogP contribution in [0.1, 0.15) is 27.9 Å². The number of hydrogen-bond donors (Lipinski definition) is 0. The van der Waals surface area contributed by atoms with Gasteiger partial charge in [0.05, 0.1) is 12.3 Å². The van der Waals surface area contributed by atoms with Crippen molar-refractivity contribution in [2.75, 3.05) is 6.54 Å². The molecule has 1 aliphatic rings.